The summed E-state index contributed by atoms with van der Waals surface area (Å²) in [6.45, 7) is 2.49. The number of fused-ring (bicyclic) bond motifs is 1. The van der Waals surface area contributed by atoms with Crippen LogP contribution in [-0.4, -0.2) is 36.5 Å². The van der Waals surface area contributed by atoms with E-state index in [-0.39, 0.29) is 18.8 Å². The predicted octanol–water partition coefficient (Wildman–Crippen LogP) is 4.65. The second kappa shape index (κ2) is 7.06. The van der Waals surface area contributed by atoms with E-state index in [1.807, 2.05) is 54.2 Å². The van der Waals surface area contributed by atoms with Crippen LogP contribution in [0.25, 0.3) is 28.0 Å². The van der Waals surface area contributed by atoms with Crippen molar-refractivity contribution in [1.29, 1.82) is 0 Å². The van der Waals surface area contributed by atoms with Crippen molar-refractivity contribution in [3.05, 3.63) is 60.9 Å². The molecule has 148 valence electrons. The zero-order valence-electron chi connectivity index (χ0n) is 16.0. The van der Waals surface area contributed by atoms with Gasteiger partial charge in [0.1, 0.15) is 18.0 Å². The molecule has 7 heteroatoms. The van der Waals surface area contributed by atoms with Crippen LogP contribution in [-0.2, 0) is 6.54 Å². The molecule has 4 heterocycles. The topological polar surface area (TPSA) is 48.0 Å². The molecule has 0 aromatic carbocycles. The van der Waals surface area contributed by atoms with Crippen molar-refractivity contribution in [2.75, 3.05) is 0 Å². The maximum absolute atomic E-state index is 13.5. The van der Waals surface area contributed by atoms with Crippen LogP contribution in [0.2, 0.25) is 0 Å². The van der Waals surface area contributed by atoms with Gasteiger partial charge in [0.2, 0.25) is 0 Å². The molecular formula is C22H21F2N5. The number of imidazole rings is 1. The Hall–Kier alpha value is -3.09. The molecule has 0 bridgehead atoms. The summed E-state index contributed by atoms with van der Waals surface area (Å²) in [5.74, 6) is -0.0211. The lowest BCUT2D eigenvalue weighted by Gasteiger charge is -2.09. The molecule has 1 fully saturated rings. The monoisotopic (exact) mass is 393 g/mol. The summed E-state index contributed by atoms with van der Waals surface area (Å²) in [5.41, 5.74) is 5.55. The first kappa shape index (κ1) is 18.0. The average Bonchev–Trinajstić information content (AvgIpc) is 3.40. The van der Waals surface area contributed by atoms with Gasteiger partial charge in [-0.25, -0.2) is 13.8 Å². The standard InChI is InChI=1S/C22H21F2N5/c1-14-11-28-6-4-16(9-21(28)27-14)22-18(3-2-5-25-22)17-10-26-29(13-17)12-15-7-19(23)20(24)8-15/h2-6,9-11,13,15,19-20H,7-8,12H2,1H3/t19-,20-/m0/s1. The van der Waals surface area contributed by atoms with Crippen molar-refractivity contribution in [3.8, 4) is 22.4 Å². The molecule has 0 unspecified atom stereocenters. The number of halogens is 2. The molecule has 0 aliphatic heterocycles. The summed E-state index contributed by atoms with van der Waals surface area (Å²) < 4.78 is 30.7. The molecule has 29 heavy (non-hydrogen) atoms. The van der Waals surface area contributed by atoms with Gasteiger partial charge >= 0.3 is 0 Å². The number of aromatic nitrogens is 5. The Morgan fingerprint density at radius 1 is 1.10 bits per heavy atom. The van der Waals surface area contributed by atoms with E-state index in [9.17, 15) is 8.78 Å². The summed E-state index contributed by atoms with van der Waals surface area (Å²) in [6.07, 6.45) is 7.28. The van der Waals surface area contributed by atoms with Crippen molar-refractivity contribution < 1.29 is 8.78 Å². The first-order chi connectivity index (χ1) is 14.1. The minimum absolute atomic E-state index is 0.0211. The van der Waals surface area contributed by atoms with E-state index < -0.39 is 12.3 Å². The van der Waals surface area contributed by atoms with Crippen molar-refractivity contribution in [2.24, 2.45) is 5.92 Å². The van der Waals surface area contributed by atoms with E-state index in [0.29, 0.717) is 6.54 Å². The summed E-state index contributed by atoms with van der Waals surface area (Å²) >= 11 is 0. The van der Waals surface area contributed by atoms with Gasteiger partial charge in [-0.1, -0.05) is 6.07 Å². The molecule has 1 aliphatic carbocycles. The summed E-state index contributed by atoms with van der Waals surface area (Å²) in [6, 6.07) is 7.94. The largest absolute Gasteiger partial charge is 0.307 e. The summed E-state index contributed by atoms with van der Waals surface area (Å²) in [7, 11) is 0. The number of hydrogen-bond acceptors (Lipinski definition) is 3. The molecule has 0 radical (unpaired) electrons. The first-order valence-corrected chi connectivity index (χ1v) is 9.78. The van der Waals surface area contributed by atoms with Gasteiger partial charge in [0.25, 0.3) is 0 Å². The maximum atomic E-state index is 13.5. The molecule has 0 spiro atoms. The second-order valence-corrected chi connectivity index (χ2v) is 7.78. The Kier molecular flexibility index (Phi) is 4.38. The number of aryl methyl sites for hydroxylation is 1. The van der Waals surface area contributed by atoms with Gasteiger partial charge in [0, 0.05) is 48.0 Å². The fraction of sp³-hybridized carbons (Fsp3) is 0.318. The molecule has 0 N–H and O–H groups in total. The maximum Gasteiger partial charge on any atom is 0.137 e. The lowest BCUT2D eigenvalue weighted by Crippen LogP contribution is -2.08. The Morgan fingerprint density at radius 2 is 1.93 bits per heavy atom. The van der Waals surface area contributed by atoms with Crippen LogP contribution in [0.3, 0.4) is 0 Å². The second-order valence-electron chi connectivity index (χ2n) is 7.78. The predicted molar refractivity (Wildman–Crippen MR) is 107 cm³/mol. The number of rotatable bonds is 4. The van der Waals surface area contributed by atoms with Crippen LogP contribution in [0.5, 0.6) is 0 Å². The zero-order chi connectivity index (χ0) is 20.0. The lowest BCUT2D eigenvalue weighted by atomic mass is 10.0. The van der Waals surface area contributed by atoms with Crippen molar-refractivity contribution in [2.45, 2.75) is 38.7 Å². The van der Waals surface area contributed by atoms with Gasteiger partial charge in [-0.3, -0.25) is 9.67 Å². The molecular weight excluding hydrogens is 372 g/mol. The number of hydrogen-bond donors (Lipinski definition) is 0. The number of alkyl halides is 2. The van der Waals surface area contributed by atoms with E-state index in [0.717, 1.165) is 33.7 Å². The highest BCUT2D eigenvalue weighted by molar-refractivity contribution is 5.81. The third-order valence-corrected chi connectivity index (χ3v) is 5.56. The van der Waals surface area contributed by atoms with E-state index in [2.05, 4.69) is 15.1 Å². The highest BCUT2D eigenvalue weighted by atomic mass is 19.2. The van der Waals surface area contributed by atoms with E-state index in [4.69, 9.17) is 0 Å². The van der Waals surface area contributed by atoms with Crippen LogP contribution >= 0.6 is 0 Å². The van der Waals surface area contributed by atoms with Gasteiger partial charge in [0.15, 0.2) is 0 Å². The van der Waals surface area contributed by atoms with E-state index >= 15 is 0 Å². The lowest BCUT2D eigenvalue weighted by molar-refractivity contribution is 0.199. The van der Waals surface area contributed by atoms with Crippen LogP contribution in [0, 0.1) is 12.8 Å². The van der Waals surface area contributed by atoms with E-state index in [1.165, 1.54) is 0 Å². The quantitative estimate of drug-likeness (QED) is 0.507. The third-order valence-electron chi connectivity index (χ3n) is 5.56. The smallest absolute Gasteiger partial charge is 0.137 e. The Balaban J connectivity index is 1.45. The molecule has 5 rings (SSSR count). The van der Waals surface area contributed by atoms with Crippen LogP contribution in [0.15, 0.2) is 55.2 Å². The molecule has 4 aromatic heterocycles. The molecule has 1 aliphatic rings. The fourth-order valence-corrected chi connectivity index (χ4v) is 4.17. The van der Waals surface area contributed by atoms with Crippen LogP contribution < -0.4 is 0 Å². The van der Waals surface area contributed by atoms with Crippen molar-refractivity contribution >= 4 is 5.65 Å². The zero-order valence-corrected chi connectivity index (χ0v) is 16.0. The van der Waals surface area contributed by atoms with Gasteiger partial charge in [-0.05, 0) is 43.9 Å². The highest BCUT2D eigenvalue weighted by Gasteiger charge is 2.34. The fourth-order valence-electron chi connectivity index (χ4n) is 4.17. The van der Waals surface area contributed by atoms with Crippen LogP contribution in [0.1, 0.15) is 18.5 Å². The average molecular weight is 393 g/mol. The number of nitrogens with zero attached hydrogens (tertiary/aromatic N) is 5. The van der Waals surface area contributed by atoms with Gasteiger partial charge in [-0.2, -0.15) is 5.10 Å². The Morgan fingerprint density at radius 3 is 2.76 bits per heavy atom. The molecule has 2 atom stereocenters. The van der Waals surface area contributed by atoms with Gasteiger partial charge < -0.3 is 4.40 Å². The third kappa shape index (κ3) is 3.41. The minimum atomic E-state index is -1.35. The molecule has 0 amide bonds. The van der Waals surface area contributed by atoms with Crippen molar-refractivity contribution in [1.82, 2.24) is 24.1 Å². The normalized spacial score (nSPS) is 20.0. The molecule has 4 aromatic rings. The van der Waals surface area contributed by atoms with Crippen LogP contribution in [0.4, 0.5) is 8.78 Å². The first-order valence-electron chi connectivity index (χ1n) is 9.78. The number of pyridine rings is 2. The Bertz CT molecular complexity index is 1150. The minimum Gasteiger partial charge on any atom is -0.307 e. The highest BCUT2D eigenvalue weighted by Crippen LogP contribution is 2.33. The SMILES string of the molecule is Cc1cn2ccc(-c3ncccc3-c3cnn(CC4C[C@H](F)[C@@H](F)C4)c3)cc2n1. The van der Waals surface area contributed by atoms with E-state index in [1.54, 1.807) is 17.1 Å². The summed E-state index contributed by atoms with van der Waals surface area (Å²) in [5, 5.41) is 4.42. The molecule has 0 saturated heterocycles. The van der Waals surface area contributed by atoms with Gasteiger partial charge in [-0.15, -0.1) is 0 Å². The molecule has 1 saturated carbocycles. The Labute approximate surface area is 167 Å². The molecule has 5 nitrogen and oxygen atoms in total. The van der Waals surface area contributed by atoms with Gasteiger partial charge in [0.05, 0.1) is 17.6 Å². The van der Waals surface area contributed by atoms with Crippen molar-refractivity contribution in [3.63, 3.8) is 0 Å². The summed E-state index contributed by atoms with van der Waals surface area (Å²) in [4.78, 5) is 9.13.